The van der Waals surface area contributed by atoms with Gasteiger partial charge in [0.15, 0.2) is 0 Å². The molecule has 0 bridgehead atoms. The van der Waals surface area contributed by atoms with Crippen molar-refractivity contribution in [1.29, 1.82) is 0 Å². The lowest BCUT2D eigenvalue weighted by Gasteiger charge is -2.13. The number of para-hydroxylation sites is 1. The molecule has 0 aliphatic carbocycles. The molecule has 0 amide bonds. The third-order valence-electron chi connectivity index (χ3n) is 4.69. The van der Waals surface area contributed by atoms with Crippen LogP contribution in [0.1, 0.15) is 16.1 Å². The van der Waals surface area contributed by atoms with E-state index < -0.39 is 15.8 Å². The number of hydrogen-bond acceptors (Lipinski definition) is 5. The molecular formula is C22H18N2O4S. The molecule has 3 aromatic carbocycles. The van der Waals surface area contributed by atoms with Crippen molar-refractivity contribution in [3.63, 3.8) is 0 Å². The third kappa shape index (κ3) is 3.15. The van der Waals surface area contributed by atoms with Crippen LogP contribution in [0, 0.1) is 0 Å². The van der Waals surface area contributed by atoms with Crippen LogP contribution < -0.4 is 10.5 Å². The topological polar surface area (TPSA) is 91.4 Å². The van der Waals surface area contributed by atoms with Crippen molar-refractivity contribution >= 4 is 32.4 Å². The maximum atomic E-state index is 13.4. The zero-order valence-electron chi connectivity index (χ0n) is 15.6. The van der Waals surface area contributed by atoms with Crippen molar-refractivity contribution in [2.45, 2.75) is 4.90 Å². The van der Waals surface area contributed by atoms with Crippen molar-refractivity contribution in [3.05, 3.63) is 90.1 Å². The van der Waals surface area contributed by atoms with Crippen molar-refractivity contribution < 1.29 is 17.9 Å². The predicted octanol–water partition coefficient (Wildman–Crippen LogP) is 3.70. The average Bonchev–Trinajstić information content (AvgIpc) is 3.14. The minimum atomic E-state index is -4.01. The van der Waals surface area contributed by atoms with Gasteiger partial charge in [0, 0.05) is 11.1 Å². The molecule has 0 aliphatic rings. The maximum Gasteiger partial charge on any atom is 0.268 e. The predicted molar refractivity (Wildman–Crippen MR) is 112 cm³/mol. The zero-order chi connectivity index (χ0) is 20.6. The Morgan fingerprint density at radius 1 is 0.931 bits per heavy atom. The second kappa shape index (κ2) is 7.10. The number of nitrogens with zero attached hydrogens (tertiary/aromatic N) is 1. The summed E-state index contributed by atoms with van der Waals surface area (Å²) in [6.07, 6.45) is 0. The lowest BCUT2D eigenvalue weighted by atomic mass is 10.1. The van der Waals surface area contributed by atoms with Gasteiger partial charge in [0.1, 0.15) is 11.4 Å². The molecule has 1 heterocycles. The summed E-state index contributed by atoms with van der Waals surface area (Å²) in [4.78, 5) is 13.5. The molecule has 1 aromatic heterocycles. The minimum Gasteiger partial charge on any atom is -0.497 e. The maximum absolute atomic E-state index is 13.4. The molecule has 0 radical (unpaired) electrons. The van der Waals surface area contributed by atoms with E-state index in [-0.39, 0.29) is 21.8 Å². The Labute approximate surface area is 168 Å². The van der Waals surface area contributed by atoms with Gasteiger partial charge in [-0.05, 0) is 42.5 Å². The number of ketones is 1. The Bertz CT molecular complexity index is 1330. The molecule has 0 fully saturated rings. The summed E-state index contributed by atoms with van der Waals surface area (Å²) in [5.41, 5.74) is 6.86. The fourth-order valence-corrected chi connectivity index (χ4v) is 4.77. The van der Waals surface area contributed by atoms with Crippen LogP contribution in [0.2, 0.25) is 0 Å². The van der Waals surface area contributed by atoms with Crippen LogP contribution in [0.25, 0.3) is 10.9 Å². The lowest BCUT2D eigenvalue weighted by molar-refractivity contribution is 0.103. The van der Waals surface area contributed by atoms with Crippen LogP contribution in [-0.4, -0.2) is 25.3 Å². The van der Waals surface area contributed by atoms with Crippen LogP contribution >= 0.6 is 0 Å². The second-order valence-electron chi connectivity index (χ2n) is 6.45. The number of aromatic nitrogens is 1. The van der Waals surface area contributed by atoms with Crippen molar-refractivity contribution in [1.82, 2.24) is 3.97 Å². The summed E-state index contributed by atoms with van der Waals surface area (Å²) in [6, 6.07) is 21.2. The molecule has 0 atom stereocenters. The number of hydrogen-bond donors (Lipinski definition) is 1. The summed E-state index contributed by atoms with van der Waals surface area (Å²) >= 11 is 0. The van der Waals surface area contributed by atoms with Gasteiger partial charge < -0.3 is 10.5 Å². The van der Waals surface area contributed by atoms with Crippen molar-refractivity contribution in [3.8, 4) is 5.75 Å². The van der Waals surface area contributed by atoms with E-state index in [0.717, 1.165) is 3.97 Å². The van der Waals surface area contributed by atoms with Gasteiger partial charge in [-0.25, -0.2) is 12.4 Å². The molecule has 0 saturated heterocycles. The number of methoxy groups -OCH3 is 1. The molecular weight excluding hydrogens is 388 g/mol. The molecule has 0 aliphatic heterocycles. The van der Waals surface area contributed by atoms with E-state index in [1.54, 1.807) is 60.7 Å². The number of anilines is 1. The van der Waals surface area contributed by atoms with E-state index in [4.69, 9.17) is 10.5 Å². The Kier molecular flexibility index (Phi) is 4.60. The quantitative estimate of drug-likeness (QED) is 0.403. The van der Waals surface area contributed by atoms with E-state index >= 15 is 0 Å². The average molecular weight is 406 g/mol. The molecule has 29 heavy (non-hydrogen) atoms. The van der Waals surface area contributed by atoms with E-state index in [1.807, 2.05) is 0 Å². The summed E-state index contributed by atoms with van der Waals surface area (Å²) < 4.78 is 33.1. The minimum absolute atomic E-state index is 0.00926. The molecule has 0 spiro atoms. The Morgan fingerprint density at radius 2 is 1.62 bits per heavy atom. The van der Waals surface area contributed by atoms with E-state index in [9.17, 15) is 13.2 Å². The molecule has 7 heteroatoms. The van der Waals surface area contributed by atoms with Gasteiger partial charge in [0.25, 0.3) is 10.0 Å². The molecule has 0 unspecified atom stereocenters. The van der Waals surface area contributed by atoms with Gasteiger partial charge in [-0.1, -0.05) is 36.4 Å². The number of benzene rings is 3. The Morgan fingerprint density at radius 3 is 2.34 bits per heavy atom. The first-order valence-corrected chi connectivity index (χ1v) is 10.3. The first-order chi connectivity index (χ1) is 13.9. The van der Waals surface area contributed by atoms with Crippen molar-refractivity contribution in [2.24, 2.45) is 0 Å². The smallest absolute Gasteiger partial charge is 0.268 e. The van der Waals surface area contributed by atoms with Gasteiger partial charge in [-0.2, -0.15) is 0 Å². The second-order valence-corrected chi connectivity index (χ2v) is 8.24. The summed E-state index contributed by atoms with van der Waals surface area (Å²) in [7, 11) is -2.53. The third-order valence-corrected chi connectivity index (χ3v) is 6.43. The molecule has 4 aromatic rings. The molecule has 2 N–H and O–H groups in total. The first-order valence-electron chi connectivity index (χ1n) is 8.83. The Balaban J connectivity index is 2.00. The molecule has 4 rings (SSSR count). The fourth-order valence-electron chi connectivity index (χ4n) is 3.24. The summed E-state index contributed by atoms with van der Waals surface area (Å²) in [5, 5.41) is 0.636. The SMILES string of the molecule is COc1ccc(N)c(C(=O)c2cc3ccccc3n2S(=O)(=O)c2ccccc2)c1. The number of carbonyl (C=O) groups is 1. The Hall–Kier alpha value is -3.58. The highest BCUT2D eigenvalue weighted by atomic mass is 32.2. The van der Waals surface area contributed by atoms with Gasteiger partial charge >= 0.3 is 0 Å². The summed E-state index contributed by atoms with van der Waals surface area (Å²) in [6.45, 7) is 0. The highest BCUT2D eigenvalue weighted by Gasteiger charge is 2.27. The van der Waals surface area contributed by atoms with Crippen molar-refractivity contribution in [2.75, 3.05) is 12.8 Å². The number of rotatable bonds is 5. The van der Waals surface area contributed by atoms with Crippen LogP contribution in [-0.2, 0) is 10.0 Å². The van der Waals surface area contributed by atoms with Gasteiger partial charge in [-0.3, -0.25) is 4.79 Å². The normalized spacial score (nSPS) is 11.5. The number of carbonyl (C=O) groups excluding carboxylic acids is 1. The molecule has 146 valence electrons. The monoisotopic (exact) mass is 406 g/mol. The lowest BCUT2D eigenvalue weighted by Crippen LogP contribution is -2.19. The van der Waals surface area contributed by atoms with E-state index in [2.05, 4.69) is 0 Å². The largest absolute Gasteiger partial charge is 0.497 e. The van der Waals surface area contributed by atoms with Gasteiger partial charge in [0.05, 0.1) is 23.1 Å². The van der Waals surface area contributed by atoms with Gasteiger partial charge in [0.2, 0.25) is 5.78 Å². The van der Waals surface area contributed by atoms with Crippen LogP contribution in [0.4, 0.5) is 5.69 Å². The molecule has 6 nitrogen and oxygen atoms in total. The van der Waals surface area contributed by atoms with Crippen LogP contribution in [0.5, 0.6) is 5.75 Å². The number of fused-ring (bicyclic) bond motifs is 1. The number of nitrogen functional groups attached to an aromatic ring is 1. The number of nitrogens with two attached hydrogens (primary N) is 1. The van der Waals surface area contributed by atoms with Crippen LogP contribution in [0.15, 0.2) is 83.8 Å². The number of ether oxygens (including phenoxy) is 1. The highest BCUT2D eigenvalue weighted by molar-refractivity contribution is 7.90. The van der Waals surface area contributed by atoms with E-state index in [0.29, 0.717) is 16.7 Å². The molecule has 0 saturated carbocycles. The fraction of sp³-hybridized carbons (Fsp3) is 0.0455. The zero-order valence-corrected chi connectivity index (χ0v) is 16.4. The summed E-state index contributed by atoms with van der Waals surface area (Å²) in [5.74, 6) is -0.0479. The van der Waals surface area contributed by atoms with Crippen LogP contribution in [0.3, 0.4) is 0 Å². The first kappa shape index (κ1) is 18.8. The highest BCUT2D eigenvalue weighted by Crippen LogP contribution is 2.29. The van der Waals surface area contributed by atoms with E-state index in [1.165, 1.54) is 25.3 Å². The standard InChI is InChI=1S/C22H18N2O4S/c1-28-16-11-12-19(23)18(14-16)22(25)21-13-15-7-5-6-10-20(15)24(21)29(26,27)17-8-3-2-4-9-17/h2-14H,23H2,1H3. The van der Waals surface area contributed by atoms with Gasteiger partial charge in [-0.15, -0.1) is 0 Å².